The number of hydrogen-bond acceptors (Lipinski definition) is 0. The molecule has 0 atom stereocenters. The van der Waals surface area contributed by atoms with Crippen molar-refractivity contribution in [2.75, 3.05) is 0 Å². The van der Waals surface area contributed by atoms with E-state index in [1.807, 2.05) is 21.1 Å². The maximum absolute atomic E-state index is 2.29. The van der Waals surface area contributed by atoms with Crippen molar-refractivity contribution < 1.29 is 13.4 Å². The van der Waals surface area contributed by atoms with Crippen LogP contribution in [0.25, 0.3) is 0 Å². The van der Waals surface area contributed by atoms with E-state index in [-0.39, 0.29) is 0 Å². The first-order valence-electron chi connectivity index (χ1n) is 8.41. The zero-order valence-corrected chi connectivity index (χ0v) is 14.8. The summed E-state index contributed by atoms with van der Waals surface area (Å²) < 4.78 is 13.1. The fourth-order valence-corrected chi connectivity index (χ4v) is 3.74. The van der Waals surface area contributed by atoms with Crippen molar-refractivity contribution in [2.24, 2.45) is 21.1 Å². The minimum Gasteiger partial charge on any atom is -0.345 e. The van der Waals surface area contributed by atoms with Gasteiger partial charge in [-0.1, -0.05) is 35.8 Å². The van der Waals surface area contributed by atoms with E-state index in [0.29, 0.717) is 0 Å². The van der Waals surface area contributed by atoms with Crippen LogP contribution in [0.3, 0.4) is 0 Å². The molecule has 3 heterocycles. The summed E-state index contributed by atoms with van der Waals surface area (Å²) in [4.78, 5) is 0. The van der Waals surface area contributed by atoms with Gasteiger partial charge in [0.25, 0.3) is 0 Å². The molecule has 7 heteroatoms. The fourth-order valence-electron chi connectivity index (χ4n) is 3.74. The van der Waals surface area contributed by atoms with Gasteiger partial charge in [0.2, 0.25) is 19.0 Å². The van der Waals surface area contributed by atoms with E-state index >= 15 is 0 Å². The van der Waals surface area contributed by atoms with Crippen LogP contribution in [0, 0.1) is 0 Å². The highest BCUT2D eigenvalue weighted by atomic mass is 15.3. The molecule has 0 fully saturated rings. The number of rotatable bonds is 4. The number of hydrogen-bond donors (Lipinski definition) is 0. The molecule has 0 aliphatic heterocycles. The predicted molar refractivity (Wildman–Crippen MR) is 94.8 cm³/mol. The quantitative estimate of drug-likeness (QED) is 0.444. The smallest absolute Gasteiger partial charge is 0.345 e. The Hall–Kier alpha value is -3.09. The molecule has 25 heavy (non-hydrogen) atoms. The first-order valence-corrected chi connectivity index (χ1v) is 8.41. The van der Waals surface area contributed by atoms with Crippen molar-refractivity contribution in [3.63, 3.8) is 0 Å². The number of aryl methyl sites for hydroxylation is 3. The fraction of sp³-hybridized carbons (Fsp3) is 0.167. The van der Waals surface area contributed by atoms with E-state index in [0.717, 1.165) is 0 Å². The van der Waals surface area contributed by atoms with Gasteiger partial charge in [0.15, 0.2) is 0 Å². The van der Waals surface area contributed by atoms with E-state index < -0.39 is 6.55 Å². The maximum atomic E-state index is 2.29. The van der Waals surface area contributed by atoms with Crippen molar-refractivity contribution in [3.05, 3.63) is 86.5 Å². The Balaban J connectivity index is 2.11. The van der Waals surface area contributed by atoms with Gasteiger partial charge in [0, 0.05) is 0 Å². The zero-order valence-electron chi connectivity index (χ0n) is 14.8. The van der Waals surface area contributed by atoms with Crippen LogP contribution in [0.4, 0.5) is 0 Å². The van der Waals surface area contributed by atoms with E-state index in [1.165, 1.54) is 5.46 Å². The van der Waals surface area contributed by atoms with Gasteiger partial charge in [-0.3, -0.25) is 0 Å². The third-order valence-electron chi connectivity index (χ3n) is 4.86. The second-order valence-electron chi connectivity index (χ2n) is 6.72. The highest BCUT2D eigenvalue weighted by Crippen LogP contribution is 1.97. The topological polar surface area (TPSA) is 26.4 Å². The first kappa shape index (κ1) is 15.4. The molecule has 0 N–H and O–H groups in total. The second-order valence-corrected chi connectivity index (χ2v) is 6.72. The molecule has 3 aromatic heterocycles. The van der Waals surface area contributed by atoms with Crippen LogP contribution in [0.15, 0.2) is 86.5 Å². The molecule has 0 saturated carbocycles. The maximum Gasteiger partial charge on any atom is 0.606 e. The summed E-state index contributed by atoms with van der Waals surface area (Å²) in [6.07, 6.45) is 19.0. The van der Waals surface area contributed by atoms with E-state index in [1.54, 1.807) is 0 Å². The molecule has 126 valence electrons. The van der Waals surface area contributed by atoms with E-state index in [9.17, 15) is 0 Å². The second kappa shape index (κ2) is 5.77. The van der Waals surface area contributed by atoms with Crippen molar-refractivity contribution in [2.45, 2.75) is 0 Å². The molecule has 1 aromatic carbocycles. The standard InChI is InChI=1S/C18H23BN6/c1-20-9-12-23(15-20)19(18-7-5-4-6-8-18,24-13-10-21(2)16-24)25-14-11-22(3)17-25/h4-17H,1-3H3/q+2. The van der Waals surface area contributed by atoms with Crippen LogP contribution in [0.5, 0.6) is 0 Å². The number of imidazole rings is 3. The van der Waals surface area contributed by atoms with Gasteiger partial charge in [-0.2, -0.15) is 0 Å². The first-order chi connectivity index (χ1) is 12.1. The van der Waals surface area contributed by atoms with Crippen molar-refractivity contribution in [3.8, 4) is 0 Å². The lowest BCUT2D eigenvalue weighted by Crippen LogP contribution is -2.99. The summed E-state index contributed by atoms with van der Waals surface area (Å²) >= 11 is 0. The normalized spacial score (nSPS) is 11.8. The largest absolute Gasteiger partial charge is 0.606 e. The van der Waals surface area contributed by atoms with Gasteiger partial charge in [0.05, 0.1) is 39.7 Å². The lowest BCUT2D eigenvalue weighted by molar-refractivity contribution is -0.806. The number of aromatic nitrogens is 6. The third kappa shape index (κ3) is 2.39. The van der Waals surface area contributed by atoms with E-state index in [2.05, 4.69) is 114 Å². The summed E-state index contributed by atoms with van der Waals surface area (Å²) in [7, 11) is 6.15. The minimum atomic E-state index is -1.47. The summed E-state index contributed by atoms with van der Waals surface area (Å²) in [5.41, 5.74) is 1.23. The summed E-state index contributed by atoms with van der Waals surface area (Å²) in [6.45, 7) is -1.47. The zero-order chi connectivity index (χ0) is 17.4. The van der Waals surface area contributed by atoms with E-state index in [4.69, 9.17) is 0 Å². The molecular formula is C18H23BN6+2. The van der Waals surface area contributed by atoms with Gasteiger partial charge < -0.3 is 13.4 Å². The molecule has 0 aliphatic carbocycles. The molecule has 4 aromatic rings. The molecule has 0 aliphatic rings. The predicted octanol–water partition coefficient (Wildman–Crippen LogP) is -0.645. The minimum absolute atomic E-state index is 1.23. The molecular weight excluding hydrogens is 311 g/mol. The van der Waals surface area contributed by atoms with Crippen molar-refractivity contribution in [1.29, 1.82) is 0 Å². The summed E-state index contributed by atoms with van der Waals surface area (Å²) in [5.74, 6) is 0. The Morgan fingerprint density at radius 2 is 1.04 bits per heavy atom. The van der Waals surface area contributed by atoms with Crippen LogP contribution in [-0.4, -0.2) is 20.3 Å². The molecule has 0 saturated heterocycles. The average molecular weight is 334 g/mol. The van der Waals surface area contributed by atoms with Crippen LogP contribution in [0.2, 0.25) is 0 Å². The molecule has 0 spiro atoms. The van der Waals surface area contributed by atoms with Crippen LogP contribution in [-0.2, 0) is 21.1 Å². The Morgan fingerprint density at radius 1 is 0.640 bits per heavy atom. The van der Waals surface area contributed by atoms with Gasteiger partial charge in [-0.05, 0) is 0 Å². The molecule has 0 amide bonds. The summed E-state index contributed by atoms with van der Waals surface area (Å²) in [6, 6.07) is 10.6. The molecule has 0 radical (unpaired) electrons. The Labute approximate surface area is 147 Å². The Kier molecular flexibility index (Phi) is 3.56. The SMILES string of the molecule is Cn1cc[n+]([B-](c2ccccc2)([n+]2ccn(C)c2)[n+]2ccn(C)c2)c1. The Bertz CT molecular complexity index is 899. The lowest BCUT2D eigenvalue weighted by atomic mass is 9.52. The molecule has 6 nitrogen and oxygen atoms in total. The monoisotopic (exact) mass is 334 g/mol. The molecule has 4 rings (SSSR count). The average Bonchev–Trinajstić information content (AvgIpc) is 3.33. The van der Waals surface area contributed by atoms with Crippen molar-refractivity contribution in [1.82, 2.24) is 13.7 Å². The lowest BCUT2D eigenvalue weighted by Gasteiger charge is -2.29. The van der Waals surface area contributed by atoms with Gasteiger partial charge in [-0.25, -0.2) is 13.7 Å². The van der Waals surface area contributed by atoms with Crippen molar-refractivity contribution >= 4 is 12.0 Å². The number of nitrogens with zero attached hydrogens (tertiary/aromatic N) is 6. The molecule has 0 bridgehead atoms. The highest BCUT2D eigenvalue weighted by molar-refractivity contribution is 6.69. The number of benzene rings is 1. The van der Waals surface area contributed by atoms with Gasteiger partial charge in [0.1, 0.15) is 18.6 Å². The van der Waals surface area contributed by atoms with Crippen LogP contribution >= 0.6 is 0 Å². The Morgan fingerprint density at radius 3 is 1.36 bits per heavy atom. The molecule has 0 unspecified atom stereocenters. The summed E-state index contributed by atoms with van der Waals surface area (Å²) in [5, 5.41) is 0. The van der Waals surface area contributed by atoms with Gasteiger partial charge >= 0.3 is 6.55 Å². The highest BCUT2D eigenvalue weighted by Gasteiger charge is 2.51. The van der Waals surface area contributed by atoms with Crippen LogP contribution in [0.1, 0.15) is 0 Å². The van der Waals surface area contributed by atoms with Crippen LogP contribution < -0.4 is 18.9 Å². The van der Waals surface area contributed by atoms with Gasteiger partial charge in [-0.15, -0.1) is 0 Å². The third-order valence-corrected chi connectivity index (χ3v) is 4.86.